The van der Waals surface area contributed by atoms with Crippen LogP contribution in [-0.2, 0) is 10.0 Å². The first-order chi connectivity index (χ1) is 9.92. The molecule has 0 bridgehead atoms. The van der Waals surface area contributed by atoms with E-state index >= 15 is 0 Å². The zero-order valence-electron chi connectivity index (χ0n) is 12.0. The summed E-state index contributed by atoms with van der Waals surface area (Å²) in [4.78, 5) is 0.295. The summed E-state index contributed by atoms with van der Waals surface area (Å²) in [6.45, 7) is 3.89. The van der Waals surface area contributed by atoms with Gasteiger partial charge in [-0.25, -0.2) is 13.1 Å². The van der Waals surface area contributed by atoms with Gasteiger partial charge >= 0.3 is 0 Å². The van der Waals surface area contributed by atoms with Crippen molar-refractivity contribution >= 4 is 26.0 Å². The van der Waals surface area contributed by atoms with Crippen LogP contribution >= 0.6 is 15.9 Å². The number of aryl methyl sites for hydroxylation is 1. The fraction of sp³-hybridized carbons (Fsp3) is 0.250. The van der Waals surface area contributed by atoms with E-state index in [-0.39, 0.29) is 6.04 Å². The van der Waals surface area contributed by atoms with Crippen molar-refractivity contribution in [3.05, 3.63) is 64.1 Å². The van der Waals surface area contributed by atoms with Crippen molar-refractivity contribution in [3.63, 3.8) is 0 Å². The van der Waals surface area contributed by atoms with Gasteiger partial charge in [-0.2, -0.15) is 0 Å². The first-order valence-electron chi connectivity index (χ1n) is 6.77. The molecule has 0 spiro atoms. The van der Waals surface area contributed by atoms with Gasteiger partial charge in [0.1, 0.15) is 0 Å². The lowest BCUT2D eigenvalue weighted by molar-refractivity contribution is 0.550. The molecular formula is C16H18BrNO2S. The number of hydrogen-bond donors (Lipinski definition) is 1. The largest absolute Gasteiger partial charge is 0.241 e. The Morgan fingerprint density at radius 2 is 1.62 bits per heavy atom. The number of nitrogens with one attached hydrogen (secondary N) is 1. The average molecular weight is 368 g/mol. The number of sulfonamides is 1. The Kier molecular flexibility index (Phi) is 5.19. The van der Waals surface area contributed by atoms with Gasteiger partial charge in [0.25, 0.3) is 0 Å². The molecule has 0 saturated heterocycles. The van der Waals surface area contributed by atoms with Gasteiger partial charge in [-0.1, -0.05) is 52.7 Å². The van der Waals surface area contributed by atoms with Gasteiger partial charge in [0, 0.05) is 10.5 Å². The van der Waals surface area contributed by atoms with Crippen molar-refractivity contribution in [1.29, 1.82) is 0 Å². The van der Waals surface area contributed by atoms with Crippen LogP contribution in [0.3, 0.4) is 0 Å². The summed E-state index contributed by atoms with van der Waals surface area (Å²) >= 11 is 3.38. The van der Waals surface area contributed by atoms with Crippen molar-refractivity contribution in [3.8, 4) is 0 Å². The molecule has 112 valence electrons. The lowest BCUT2D eigenvalue weighted by Gasteiger charge is -2.17. The predicted octanol–water partition coefficient (Wildman–Crippen LogP) is 4.19. The molecule has 0 amide bonds. The SMILES string of the molecule is CCC(NS(=O)(=O)c1ccc(C)cc1)c1ccc(Br)cc1. The summed E-state index contributed by atoms with van der Waals surface area (Å²) in [5.74, 6) is 0. The van der Waals surface area contributed by atoms with Crippen LogP contribution < -0.4 is 4.72 Å². The first kappa shape index (κ1) is 16.2. The van der Waals surface area contributed by atoms with Crippen LogP contribution in [0.1, 0.15) is 30.5 Å². The third kappa shape index (κ3) is 4.15. The summed E-state index contributed by atoms with van der Waals surface area (Å²) in [7, 11) is -3.51. The summed E-state index contributed by atoms with van der Waals surface area (Å²) in [6, 6.07) is 14.3. The first-order valence-corrected chi connectivity index (χ1v) is 9.04. The third-order valence-corrected chi connectivity index (χ3v) is 5.33. The van der Waals surface area contributed by atoms with Crippen molar-refractivity contribution in [2.45, 2.75) is 31.2 Å². The molecule has 0 heterocycles. The molecule has 0 aliphatic carbocycles. The lowest BCUT2D eigenvalue weighted by Crippen LogP contribution is -2.28. The normalized spacial score (nSPS) is 13.1. The van der Waals surface area contributed by atoms with Gasteiger partial charge < -0.3 is 0 Å². The highest BCUT2D eigenvalue weighted by molar-refractivity contribution is 9.10. The molecule has 2 aromatic rings. The Labute approximate surface area is 134 Å². The van der Waals surface area contributed by atoms with Gasteiger partial charge in [0.05, 0.1) is 4.90 Å². The minimum Gasteiger partial charge on any atom is -0.207 e. The average Bonchev–Trinajstić information content (AvgIpc) is 2.46. The van der Waals surface area contributed by atoms with E-state index in [9.17, 15) is 8.42 Å². The summed E-state index contributed by atoms with van der Waals surface area (Å²) in [5.41, 5.74) is 1.99. The molecule has 0 saturated carbocycles. The van der Waals surface area contributed by atoms with Crippen LogP contribution in [0.4, 0.5) is 0 Å². The Hall–Kier alpha value is -1.17. The maximum absolute atomic E-state index is 12.4. The second-order valence-electron chi connectivity index (χ2n) is 4.95. The highest BCUT2D eigenvalue weighted by atomic mass is 79.9. The molecule has 5 heteroatoms. The van der Waals surface area contributed by atoms with Crippen molar-refractivity contribution in [1.82, 2.24) is 4.72 Å². The quantitative estimate of drug-likeness (QED) is 0.860. The van der Waals surface area contributed by atoms with E-state index < -0.39 is 10.0 Å². The van der Waals surface area contributed by atoms with Gasteiger partial charge in [-0.15, -0.1) is 0 Å². The molecule has 21 heavy (non-hydrogen) atoms. The molecule has 1 atom stereocenters. The van der Waals surface area contributed by atoms with E-state index in [1.807, 2.05) is 38.1 Å². The van der Waals surface area contributed by atoms with Crippen LogP contribution in [-0.4, -0.2) is 8.42 Å². The fourth-order valence-electron chi connectivity index (χ4n) is 2.05. The summed E-state index contributed by atoms with van der Waals surface area (Å²) in [5, 5.41) is 0. The van der Waals surface area contributed by atoms with E-state index in [1.54, 1.807) is 24.3 Å². The van der Waals surface area contributed by atoms with Gasteiger partial charge in [-0.05, 0) is 43.2 Å². The Morgan fingerprint density at radius 3 is 2.14 bits per heavy atom. The van der Waals surface area contributed by atoms with Crippen molar-refractivity contribution < 1.29 is 8.42 Å². The Bertz CT molecular complexity index is 694. The second-order valence-corrected chi connectivity index (χ2v) is 7.58. The van der Waals surface area contributed by atoms with Gasteiger partial charge in [0.15, 0.2) is 0 Å². The van der Waals surface area contributed by atoms with E-state index in [2.05, 4.69) is 20.7 Å². The second kappa shape index (κ2) is 6.73. The van der Waals surface area contributed by atoms with Crippen LogP contribution in [0.2, 0.25) is 0 Å². The zero-order valence-corrected chi connectivity index (χ0v) is 14.4. The standard InChI is InChI=1S/C16H18BrNO2S/c1-3-16(13-6-8-14(17)9-7-13)18-21(19,20)15-10-4-12(2)5-11-15/h4-11,16,18H,3H2,1-2H3. The molecule has 3 nitrogen and oxygen atoms in total. The van der Waals surface area contributed by atoms with Crippen LogP contribution in [0.5, 0.6) is 0 Å². The molecule has 0 radical (unpaired) electrons. The van der Waals surface area contributed by atoms with Crippen LogP contribution in [0.15, 0.2) is 57.9 Å². The molecule has 1 unspecified atom stereocenters. The molecular weight excluding hydrogens is 350 g/mol. The molecule has 0 aliphatic rings. The molecule has 2 rings (SSSR count). The van der Waals surface area contributed by atoms with Gasteiger partial charge in [-0.3, -0.25) is 0 Å². The maximum Gasteiger partial charge on any atom is 0.241 e. The smallest absolute Gasteiger partial charge is 0.207 e. The zero-order chi connectivity index (χ0) is 15.5. The van der Waals surface area contributed by atoms with Crippen LogP contribution in [0, 0.1) is 6.92 Å². The topological polar surface area (TPSA) is 46.2 Å². The minimum atomic E-state index is -3.51. The fourth-order valence-corrected chi connectivity index (χ4v) is 3.63. The van der Waals surface area contributed by atoms with E-state index in [1.165, 1.54) is 0 Å². The molecule has 1 N–H and O–H groups in total. The monoisotopic (exact) mass is 367 g/mol. The molecule has 0 fully saturated rings. The van der Waals surface area contributed by atoms with E-state index in [0.29, 0.717) is 11.3 Å². The number of halogens is 1. The molecule has 2 aromatic carbocycles. The summed E-state index contributed by atoms with van der Waals surface area (Å²) < 4.78 is 28.6. The van der Waals surface area contributed by atoms with Crippen LogP contribution in [0.25, 0.3) is 0 Å². The highest BCUT2D eigenvalue weighted by Crippen LogP contribution is 2.22. The Morgan fingerprint density at radius 1 is 1.05 bits per heavy atom. The highest BCUT2D eigenvalue weighted by Gasteiger charge is 2.20. The van der Waals surface area contributed by atoms with E-state index in [0.717, 1.165) is 15.6 Å². The summed E-state index contributed by atoms with van der Waals surface area (Å²) in [6.07, 6.45) is 0.687. The predicted molar refractivity (Wildman–Crippen MR) is 88.7 cm³/mol. The molecule has 0 aromatic heterocycles. The van der Waals surface area contributed by atoms with Crippen molar-refractivity contribution in [2.24, 2.45) is 0 Å². The maximum atomic E-state index is 12.4. The number of rotatable bonds is 5. The minimum absolute atomic E-state index is 0.232. The lowest BCUT2D eigenvalue weighted by atomic mass is 10.1. The molecule has 0 aliphatic heterocycles. The van der Waals surface area contributed by atoms with E-state index in [4.69, 9.17) is 0 Å². The van der Waals surface area contributed by atoms with Crippen molar-refractivity contribution in [2.75, 3.05) is 0 Å². The Balaban J connectivity index is 2.24. The third-order valence-electron chi connectivity index (χ3n) is 3.31. The number of benzene rings is 2. The van der Waals surface area contributed by atoms with Gasteiger partial charge in [0.2, 0.25) is 10.0 Å². The number of hydrogen-bond acceptors (Lipinski definition) is 2.